The van der Waals surface area contributed by atoms with Crippen LogP contribution < -0.4 is 0 Å². The first-order valence-electron chi connectivity index (χ1n) is 3.00. The summed E-state index contributed by atoms with van der Waals surface area (Å²) < 4.78 is 6.72. The number of nitrogens with zero attached hydrogens (tertiary/aromatic N) is 2. The highest BCUT2D eigenvalue weighted by Crippen LogP contribution is 2.11. The molecule has 0 N–H and O–H groups in total. The van der Waals surface area contributed by atoms with Crippen molar-refractivity contribution in [2.24, 2.45) is 0 Å². The predicted octanol–water partition coefficient (Wildman–Crippen LogP) is 0.183. The van der Waals surface area contributed by atoms with Gasteiger partial charge in [0.2, 0.25) is 0 Å². The van der Waals surface area contributed by atoms with Gasteiger partial charge >= 0.3 is 0 Å². The number of rotatable bonds is 1. The van der Waals surface area contributed by atoms with Gasteiger partial charge in [-0.25, -0.2) is 4.68 Å². The van der Waals surface area contributed by atoms with E-state index in [0.717, 1.165) is 12.0 Å². The summed E-state index contributed by atoms with van der Waals surface area (Å²) in [6.45, 7) is 1.05. The van der Waals surface area contributed by atoms with Crippen LogP contribution in [-0.2, 0) is 18.1 Å². The van der Waals surface area contributed by atoms with E-state index in [4.69, 9.17) is 4.74 Å². The molecule has 1 aliphatic heterocycles. The van der Waals surface area contributed by atoms with Crippen LogP contribution in [0.2, 0.25) is 0 Å². The number of hydrogen-bond donors (Lipinski definition) is 0. The summed E-state index contributed by atoms with van der Waals surface area (Å²) in [4.78, 5) is 10.2. The van der Waals surface area contributed by atoms with Gasteiger partial charge in [0.1, 0.15) is 12.4 Å². The second-order valence-corrected chi connectivity index (χ2v) is 2.16. The first-order valence-corrected chi connectivity index (χ1v) is 3.00. The van der Waals surface area contributed by atoms with Crippen molar-refractivity contribution in [3.63, 3.8) is 0 Å². The number of aromatic nitrogens is 2. The van der Waals surface area contributed by atoms with Crippen LogP contribution in [0, 0.1) is 0 Å². The van der Waals surface area contributed by atoms with Gasteiger partial charge in [0.15, 0.2) is 6.29 Å². The highest BCUT2D eigenvalue weighted by atomic mass is 16.5. The van der Waals surface area contributed by atoms with Crippen molar-refractivity contribution >= 4 is 6.29 Å². The fourth-order valence-electron chi connectivity index (χ4n) is 1.000. The summed E-state index contributed by atoms with van der Waals surface area (Å²) in [6.07, 6.45) is 0.741. The van der Waals surface area contributed by atoms with Crippen LogP contribution in [0.3, 0.4) is 0 Å². The molecule has 1 aliphatic rings. The number of carbonyl (C=O) groups is 1. The second-order valence-electron chi connectivity index (χ2n) is 2.16. The van der Waals surface area contributed by atoms with Crippen molar-refractivity contribution in [1.82, 2.24) is 9.78 Å². The molecule has 0 radical (unpaired) electrons. The molecule has 52 valence electrons. The lowest BCUT2D eigenvalue weighted by Gasteiger charge is -1.87. The van der Waals surface area contributed by atoms with E-state index in [-0.39, 0.29) is 0 Å². The normalized spacial score (nSPS) is 15.2. The maximum absolute atomic E-state index is 10.2. The smallest absolute Gasteiger partial charge is 0.170 e. The van der Waals surface area contributed by atoms with Gasteiger partial charge in [-0.1, -0.05) is 0 Å². The average Bonchev–Trinajstić information content (AvgIpc) is 2.42. The molecule has 10 heavy (non-hydrogen) atoms. The predicted molar refractivity (Wildman–Crippen MR) is 32.4 cm³/mol. The fourth-order valence-corrected chi connectivity index (χ4v) is 1.000. The minimum Gasteiger partial charge on any atom is -0.353 e. The van der Waals surface area contributed by atoms with Crippen molar-refractivity contribution in [2.45, 2.75) is 13.3 Å². The van der Waals surface area contributed by atoms with E-state index in [2.05, 4.69) is 5.10 Å². The van der Waals surface area contributed by atoms with Crippen LogP contribution in [0.4, 0.5) is 0 Å². The highest BCUT2D eigenvalue weighted by Gasteiger charge is 2.12. The monoisotopic (exact) mass is 138 g/mol. The van der Waals surface area contributed by atoms with Crippen LogP contribution >= 0.6 is 0 Å². The molecule has 0 aromatic carbocycles. The van der Waals surface area contributed by atoms with Gasteiger partial charge in [0.25, 0.3) is 0 Å². The van der Waals surface area contributed by atoms with Crippen LogP contribution in [0.25, 0.3) is 0 Å². The number of hydrogen-bond acceptors (Lipinski definition) is 3. The molecule has 4 heteroatoms. The van der Waals surface area contributed by atoms with Gasteiger partial charge < -0.3 is 4.74 Å². The van der Waals surface area contributed by atoms with Crippen LogP contribution in [0.15, 0.2) is 6.07 Å². The van der Waals surface area contributed by atoms with Gasteiger partial charge in [-0.2, -0.15) is 5.10 Å². The van der Waals surface area contributed by atoms with Gasteiger partial charge in [0, 0.05) is 0 Å². The van der Waals surface area contributed by atoms with Crippen molar-refractivity contribution in [1.29, 1.82) is 0 Å². The Morgan fingerprint density at radius 1 is 1.80 bits per heavy atom. The molecule has 2 rings (SSSR count). The first kappa shape index (κ1) is 5.61. The highest BCUT2D eigenvalue weighted by molar-refractivity contribution is 5.71. The van der Waals surface area contributed by atoms with E-state index in [1.807, 2.05) is 0 Å². The zero-order valence-electron chi connectivity index (χ0n) is 5.28. The second kappa shape index (κ2) is 1.91. The Morgan fingerprint density at radius 2 is 2.70 bits per heavy atom. The fraction of sp³-hybridized carbons (Fsp3) is 0.333. The molecule has 0 saturated carbocycles. The molecule has 0 amide bonds. The zero-order chi connectivity index (χ0) is 6.97. The number of ether oxygens (including phenoxy) is 1. The van der Waals surface area contributed by atoms with Crippen molar-refractivity contribution in [2.75, 3.05) is 0 Å². The van der Waals surface area contributed by atoms with Crippen LogP contribution in [0.5, 0.6) is 0 Å². The van der Waals surface area contributed by atoms with Crippen LogP contribution in [0.1, 0.15) is 16.2 Å². The maximum atomic E-state index is 10.2. The third-order valence-electron chi connectivity index (χ3n) is 1.47. The zero-order valence-corrected chi connectivity index (χ0v) is 5.28. The SMILES string of the molecule is O=Cc1cc2n(n1)COC2. The molecule has 0 atom stereocenters. The van der Waals surface area contributed by atoms with E-state index >= 15 is 0 Å². The molecular formula is C6H6N2O2. The van der Waals surface area contributed by atoms with Gasteiger partial charge in [-0.3, -0.25) is 4.79 Å². The van der Waals surface area contributed by atoms with E-state index < -0.39 is 0 Å². The maximum Gasteiger partial charge on any atom is 0.170 e. The minimum atomic E-state index is 0.475. The number of fused-ring (bicyclic) bond motifs is 1. The Kier molecular flexibility index (Phi) is 1.07. The van der Waals surface area contributed by atoms with E-state index in [1.165, 1.54) is 0 Å². The summed E-state index contributed by atoms with van der Waals surface area (Å²) in [6, 6.07) is 1.74. The summed E-state index contributed by atoms with van der Waals surface area (Å²) in [7, 11) is 0. The molecule has 1 aromatic heterocycles. The summed E-state index contributed by atoms with van der Waals surface area (Å²) in [5.74, 6) is 0. The van der Waals surface area contributed by atoms with E-state index in [9.17, 15) is 4.79 Å². The quantitative estimate of drug-likeness (QED) is 0.520. The molecule has 0 fully saturated rings. The van der Waals surface area contributed by atoms with Crippen molar-refractivity contribution in [3.8, 4) is 0 Å². The Balaban J connectivity index is 2.46. The number of aldehydes is 1. The third-order valence-corrected chi connectivity index (χ3v) is 1.47. The molecule has 0 bridgehead atoms. The van der Waals surface area contributed by atoms with Crippen molar-refractivity contribution < 1.29 is 9.53 Å². The van der Waals surface area contributed by atoms with E-state index in [0.29, 0.717) is 19.0 Å². The van der Waals surface area contributed by atoms with E-state index in [1.54, 1.807) is 10.7 Å². The molecular weight excluding hydrogens is 132 g/mol. The molecule has 2 heterocycles. The Labute approximate surface area is 57.4 Å². The Hall–Kier alpha value is -1.16. The summed E-state index contributed by atoms with van der Waals surface area (Å²) in [5.41, 5.74) is 1.46. The molecule has 0 unspecified atom stereocenters. The molecule has 4 nitrogen and oxygen atoms in total. The number of carbonyl (C=O) groups excluding carboxylic acids is 1. The topological polar surface area (TPSA) is 44.1 Å². The largest absolute Gasteiger partial charge is 0.353 e. The Morgan fingerprint density at radius 3 is 3.40 bits per heavy atom. The third kappa shape index (κ3) is 0.657. The molecule has 0 aliphatic carbocycles. The summed E-state index contributed by atoms with van der Waals surface area (Å²) in [5, 5.41) is 3.93. The van der Waals surface area contributed by atoms with Crippen molar-refractivity contribution in [3.05, 3.63) is 17.5 Å². The minimum absolute atomic E-state index is 0.475. The standard InChI is InChI=1S/C6H6N2O2/c9-2-5-1-6-3-10-4-8(6)7-5/h1-2H,3-4H2. The van der Waals surface area contributed by atoms with Crippen LogP contribution in [-0.4, -0.2) is 16.1 Å². The Bertz CT molecular complexity index is 245. The lowest BCUT2D eigenvalue weighted by Crippen LogP contribution is -1.95. The van der Waals surface area contributed by atoms with Gasteiger partial charge in [-0.15, -0.1) is 0 Å². The lowest BCUT2D eigenvalue weighted by molar-refractivity contribution is 0.101. The molecule has 0 saturated heterocycles. The summed E-state index contributed by atoms with van der Waals surface area (Å²) >= 11 is 0. The molecule has 0 spiro atoms. The lowest BCUT2D eigenvalue weighted by atomic mass is 10.4. The van der Waals surface area contributed by atoms with Gasteiger partial charge in [0.05, 0.1) is 12.3 Å². The first-order chi connectivity index (χ1) is 4.90. The van der Waals surface area contributed by atoms with Gasteiger partial charge in [-0.05, 0) is 6.07 Å². The average molecular weight is 138 g/mol. The molecule has 1 aromatic rings.